The highest BCUT2D eigenvalue weighted by Crippen LogP contribution is 2.29. The van der Waals surface area contributed by atoms with E-state index in [0.29, 0.717) is 28.3 Å². The third kappa shape index (κ3) is 4.38. The average Bonchev–Trinajstić information content (AvgIpc) is 3.07. The molecule has 0 radical (unpaired) electrons. The first-order valence-corrected chi connectivity index (χ1v) is 10.5. The average molecular weight is 526 g/mol. The quantitative estimate of drug-likeness (QED) is 0.370. The van der Waals surface area contributed by atoms with Gasteiger partial charge in [0, 0.05) is 29.2 Å². The molecule has 0 spiro atoms. The standard InChI is InChI=1S/C23H19IN4O3/c1-28-19-10-8-15(12-17(19)21(24)27-28)23(30)25-16-9-11-20(31-2)18(13-16)26-22(29)14-6-4-3-5-7-14/h3-13H,1-2H3,(H,25,30)(H,26,29). The second-order valence-corrected chi connectivity index (χ2v) is 7.86. The second kappa shape index (κ2) is 8.76. The molecule has 0 unspecified atom stereocenters. The topological polar surface area (TPSA) is 85.2 Å². The Morgan fingerprint density at radius 3 is 2.42 bits per heavy atom. The summed E-state index contributed by atoms with van der Waals surface area (Å²) in [6.45, 7) is 0. The maximum atomic E-state index is 12.8. The molecule has 0 aliphatic rings. The van der Waals surface area contributed by atoms with Gasteiger partial charge in [0.2, 0.25) is 0 Å². The molecule has 1 heterocycles. The number of aryl methyl sites for hydroxylation is 1. The van der Waals surface area contributed by atoms with Gasteiger partial charge in [-0.3, -0.25) is 14.3 Å². The van der Waals surface area contributed by atoms with E-state index in [0.717, 1.165) is 14.6 Å². The Morgan fingerprint density at radius 1 is 0.935 bits per heavy atom. The zero-order valence-corrected chi connectivity index (χ0v) is 19.0. The minimum atomic E-state index is -0.265. The number of methoxy groups -OCH3 is 1. The lowest BCUT2D eigenvalue weighted by Crippen LogP contribution is -2.14. The summed E-state index contributed by atoms with van der Waals surface area (Å²) in [6.07, 6.45) is 0. The maximum absolute atomic E-state index is 12.8. The lowest BCUT2D eigenvalue weighted by molar-refractivity contribution is 0.101. The number of benzene rings is 3. The Labute approximate surface area is 192 Å². The highest BCUT2D eigenvalue weighted by atomic mass is 127. The monoisotopic (exact) mass is 526 g/mol. The summed E-state index contributed by atoms with van der Waals surface area (Å²) < 4.78 is 7.97. The van der Waals surface area contributed by atoms with Gasteiger partial charge in [-0.1, -0.05) is 18.2 Å². The third-order valence-electron chi connectivity index (χ3n) is 4.81. The molecule has 2 amide bonds. The van der Waals surface area contributed by atoms with E-state index in [-0.39, 0.29) is 11.8 Å². The number of amides is 2. The number of hydrogen-bond acceptors (Lipinski definition) is 4. The molecule has 0 atom stereocenters. The summed E-state index contributed by atoms with van der Waals surface area (Å²) in [6, 6.07) is 19.4. The fourth-order valence-corrected chi connectivity index (χ4v) is 3.99. The van der Waals surface area contributed by atoms with Crippen molar-refractivity contribution in [1.82, 2.24) is 9.78 Å². The summed E-state index contributed by atoms with van der Waals surface area (Å²) in [7, 11) is 3.39. The molecule has 4 rings (SSSR count). The van der Waals surface area contributed by atoms with Crippen LogP contribution in [0.4, 0.5) is 11.4 Å². The number of fused-ring (bicyclic) bond motifs is 1. The number of ether oxygens (including phenoxy) is 1. The molecule has 4 aromatic rings. The van der Waals surface area contributed by atoms with Gasteiger partial charge in [0.15, 0.2) is 0 Å². The zero-order chi connectivity index (χ0) is 22.0. The lowest BCUT2D eigenvalue weighted by atomic mass is 10.1. The Kier molecular flexibility index (Phi) is 5.90. The fraction of sp³-hybridized carbons (Fsp3) is 0.0870. The van der Waals surface area contributed by atoms with E-state index in [4.69, 9.17) is 4.74 Å². The van der Waals surface area contributed by atoms with Crippen LogP contribution in [0.15, 0.2) is 66.7 Å². The molecule has 2 N–H and O–H groups in total. The molecule has 8 heteroatoms. The predicted octanol–water partition coefficient (Wildman–Crippen LogP) is 4.69. The van der Waals surface area contributed by atoms with Crippen LogP contribution in [0.5, 0.6) is 5.75 Å². The predicted molar refractivity (Wildman–Crippen MR) is 129 cm³/mol. The first-order valence-electron chi connectivity index (χ1n) is 9.44. The number of nitrogens with one attached hydrogen (secondary N) is 2. The fourth-order valence-electron chi connectivity index (χ4n) is 3.23. The molecular formula is C23H19IN4O3. The number of hydrogen-bond donors (Lipinski definition) is 2. The molecule has 0 saturated carbocycles. The Morgan fingerprint density at radius 2 is 1.68 bits per heavy atom. The summed E-state index contributed by atoms with van der Waals surface area (Å²) >= 11 is 2.15. The molecule has 0 bridgehead atoms. The van der Waals surface area contributed by atoms with Crippen molar-refractivity contribution < 1.29 is 14.3 Å². The van der Waals surface area contributed by atoms with Gasteiger partial charge >= 0.3 is 0 Å². The van der Waals surface area contributed by atoms with E-state index in [1.54, 1.807) is 53.2 Å². The molecule has 156 valence electrons. The van der Waals surface area contributed by atoms with Crippen molar-refractivity contribution >= 4 is 56.7 Å². The van der Waals surface area contributed by atoms with Crippen molar-refractivity contribution in [2.24, 2.45) is 7.05 Å². The van der Waals surface area contributed by atoms with E-state index < -0.39 is 0 Å². The van der Waals surface area contributed by atoms with E-state index in [1.807, 2.05) is 25.2 Å². The minimum Gasteiger partial charge on any atom is -0.495 e. The van der Waals surface area contributed by atoms with Crippen molar-refractivity contribution in [3.05, 3.63) is 81.6 Å². The van der Waals surface area contributed by atoms with E-state index in [9.17, 15) is 9.59 Å². The maximum Gasteiger partial charge on any atom is 0.255 e. The van der Waals surface area contributed by atoms with E-state index in [1.165, 1.54) is 7.11 Å². The van der Waals surface area contributed by atoms with Crippen LogP contribution in [0.3, 0.4) is 0 Å². The van der Waals surface area contributed by atoms with Crippen LogP contribution < -0.4 is 15.4 Å². The number of carbonyl (C=O) groups excluding carboxylic acids is 2. The van der Waals surface area contributed by atoms with E-state index in [2.05, 4.69) is 38.3 Å². The minimum absolute atomic E-state index is 0.257. The van der Waals surface area contributed by atoms with Gasteiger partial charge in [0.05, 0.1) is 18.3 Å². The number of aromatic nitrogens is 2. The van der Waals surface area contributed by atoms with Crippen molar-refractivity contribution in [2.45, 2.75) is 0 Å². The lowest BCUT2D eigenvalue weighted by Gasteiger charge is -2.13. The van der Waals surface area contributed by atoms with Crippen LogP contribution >= 0.6 is 22.6 Å². The second-order valence-electron chi connectivity index (χ2n) is 6.84. The van der Waals surface area contributed by atoms with Gasteiger partial charge < -0.3 is 15.4 Å². The molecule has 0 fully saturated rings. The molecule has 31 heavy (non-hydrogen) atoms. The summed E-state index contributed by atoms with van der Waals surface area (Å²) in [4.78, 5) is 25.4. The van der Waals surface area contributed by atoms with E-state index >= 15 is 0 Å². The molecule has 3 aromatic carbocycles. The molecule has 1 aromatic heterocycles. The van der Waals surface area contributed by atoms with Crippen molar-refractivity contribution in [2.75, 3.05) is 17.7 Å². The number of nitrogens with zero attached hydrogens (tertiary/aromatic N) is 2. The van der Waals surface area contributed by atoms with Crippen LogP contribution in [0.1, 0.15) is 20.7 Å². The van der Waals surface area contributed by atoms with Gasteiger partial charge in [-0.25, -0.2) is 0 Å². The zero-order valence-electron chi connectivity index (χ0n) is 16.8. The highest BCUT2D eigenvalue weighted by molar-refractivity contribution is 14.1. The first-order chi connectivity index (χ1) is 15.0. The molecular weight excluding hydrogens is 507 g/mol. The van der Waals surface area contributed by atoms with Crippen molar-refractivity contribution in [3.63, 3.8) is 0 Å². The van der Waals surface area contributed by atoms with Crippen LogP contribution in [-0.2, 0) is 7.05 Å². The van der Waals surface area contributed by atoms with Gasteiger partial charge in [-0.05, 0) is 71.1 Å². The highest BCUT2D eigenvalue weighted by Gasteiger charge is 2.14. The smallest absolute Gasteiger partial charge is 0.255 e. The number of rotatable bonds is 5. The van der Waals surface area contributed by atoms with Crippen LogP contribution in [0.25, 0.3) is 10.9 Å². The van der Waals surface area contributed by atoms with Gasteiger partial charge in [-0.15, -0.1) is 0 Å². The number of halogens is 1. The molecule has 0 aliphatic carbocycles. The molecule has 0 aliphatic heterocycles. The van der Waals surface area contributed by atoms with Gasteiger partial charge in [0.1, 0.15) is 9.45 Å². The largest absolute Gasteiger partial charge is 0.495 e. The summed E-state index contributed by atoms with van der Waals surface area (Å²) in [5.41, 5.74) is 3.00. The van der Waals surface area contributed by atoms with Crippen LogP contribution in [0.2, 0.25) is 0 Å². The van der Waals surface area contributed by atoms with Gasteiger partial charge in [0.25, 0.3) is 11.8 Å². The number of anilines is 2. The third-order valence-corrected chi connectivity index (χ3v) is 5.61. The van der Waals surface area contributed by atoms with Crippen LogP contribution in [-0.4, -0.2) is 28.7 Å². The van der Waals surface area contributed by atoms with Crippen LogP contribution in [0, 0.1) is 3.70 Å². The van der Waals surface area contributed by atoms with Crippen molar-refractivity contribution in [3.8, 4) is 5.75 Å². The first kappa shape index (κ1) is 20.9. The molecule has 0 saturated heterocycles. The normalized spacial score (nSPS) is 10.7. The molecule has 7 nitrogen and oxygen atoms in total. The Bertz CT molecular complexity index is 1280. The van der Waals surface area contributed by atoms with Crippen molar-refractivity contribution in [1.29, 1.82) is 0 Å². The summed E-state index contributed by atoms with van der Waals surface area (Å²) in [5, 5.41) is 11.0. The summed E-state index contributed by atoms with van der Waals surface area (Å²) in [5.74, 6) is -0.0281. The Balaban J connectivity index is 1.57. The Hall–Kier alpha value is -3.40. The number of carbonyl (C=O) groups is 2. The SMILES string of the molecule is COc1ccc(NC(=O)c2ccc3c(c2)c(I)nn3C)cc1NC(=O)c1ccccc1. The van der Waals surface area contributed by atoms with Gasteiger partial charge in [-0.2, -0.15) is 5.10 Å².